The van der Waals surface area contributed by atoms with Crippen molar-refractivity contribution in [2.24, 2.45) is 0 Å². The van der Waals surface area contributed by atoms with Crippen LogP contribution in [0.1, 0.15) is 39.1 Å². The number of carbonyl (C=O) groups excluding carboxylic acids is 3. The van der Waals surface area contributed by atoms with E-state index in [0.29, 0.717) is 29.2 Å². The van der Waals surface area contributed by atoms with E-state index in [1.54, 1.807) is 31.4 Å². The molecule has 2 aliphatic heterocycles. The zero-order valence-electron chi connectivity index (χ0n) is 16.1. The van der Waals surface area contributed by atoms with Crippen molar-refractivity contribution in [2.75, 3.05) is 25.6 Å². The van der Waals surface area contributed by atoms with E-state index in [1.807, 2.05) is 18.2 Å². The summed E-state index contributed by atoms with van der Waals surface area (Å²) in [6.07, 6.45) is 1.82. The highest BCUT2D eigenvalue weighted by Gasteiger charge is 2.37. The van der Waals surface area contributed by atoms with Gasteiger partial charge in [-0.3, -0.25) is 19.3 Å². The fourth-order valence-electron chi connectivity index (χ4n) is 3.75. The van der Waals surface area contributed by atoms with E-state index in [2.05, 4.69) is 5.32 Å². The molecule has 2 aliphatic rings. The second kappa shape index (κ2) is 8.05. The number of ether oxygens (including phenoxy) is 2. The van der Waals surface area contributed by atoms with Crippen LogP contribution < -0.4 is 10.1 Å². The first-order valence-electron chi connectivity index (χ1n) is 9.60. The smallest absolute Gasteiger partial charge is 0.261 e. The number of rotatable bonds is 6. The minimum atomic E-state index is -0.346. The summed E-state index contributed by atoms with van der Waals surface area (Å²) in [5.74, 6) is -0.252. The molecule has 150 valence electrons. The van der Waals surface area contributed by atoms with Crippen LogP contribution in [-0.2, 0) is 16.0 Å². The van der Waals surface area contributed by atoms with E-state index in [-0.39, 0.29) is 36.8 Å². The summed E-state index contributed by atoms with van der Waals surface area (Å²) >= 11 is 0. The van der Waals surface area contributed by atoms with Gasteiger partial charge in [-0.05, 0) is 37.1 Å². The minimum absolute atomic E-state index is 0.0998. The second-order valence-electron chi connectivity index (χ2n) is 7.15. The molecular formula is C22H22N2O5. The molecule has 29 heavy (non-hydrogen) atoms. The monoisotopic (exact) mass is 394 g/mol. The first-order valence-corrected chi connectivity index (χ1v) is 9.60. The third kappa shape index (κ3) is 3.86. The van der Waals surface area contributed by atoms with Crippen LogP contribution in [0.25, 0.3) is 0 Å². The fraction of sp³-hybridized carbons (Fsp3) is 0.318. The molecule has 1 atom stereocenters. The average Bonchev–Trinajstić information content (AvgIpc) is 3.31. The molecule has 7 nitrogen and oxygen atoms in total. The lowest BCUT2D eigenvalue weighted by Crippen LogP contribution is -2.36. The van der Waals surface area contributed by atoms with E-state index < -0.39 is 0 Å². The summed E-state index contributed by atoms with van der Waals surface area (Å²) in [6.45, 7) is 0.929. The Balaban J connectivity index is 1.46. The highest BCUT2D eigenvalue weighted by Crippen LogP contribution is 2.28. The highest BCUT2D eigenvalue weighted by molar-refractivity contribution is 6.21. The van der Waals surface area contributed by atoms with Crippen LogP contribution in [0.15, 0.2) is 42.5 Å². The molecule has 0 saturated carbocycles. The maximum Gasteiger partial charge on any atom is 0.261 e. The van der Waals surface area contributed by atoms with Crippen molar-refractivity contribution >= 4 is 23.4 Å². The topological polar surface area (TPSA) is 84.9 Å². The normalized spacial score (nSPS) is 18.1. The number of anilines is 1. The van der Waals surface area contributed by atoms with Gasteiger partial charge >= 0.3 is 0 Å². The Bertz CT molecular complexity index is 965. The summed E-state index contributed by atoms with van der Waals surface area (Å²) in [6, 6.07) is 12.1. The Morgan fingerprint density at radius 1 is 1.17 bits per heavy atom. The first kappa shape index (κ1) is 19.1. The predicted octanol–water partition coefficient (Wildman–Crippen LogP) is 2.65. The van der Waals surface area contributed by atoms with Crippen LogP contribution >= 0.6 is 0 Å². The Morgan fingerprint density at radius 3 is 2.72 bits per heavy atom. The Morgan fingerprint density at radius 2 is 1.97 bits per heavy atom. The number of imide groups is 1. The molecule has 0 aromatic heterocycles. The van der Waals surface area contributed by atoms with Crippen molar-refractivity contribution in [2.45, 2.75) is 25.4 Å². The lowest BCUT2D eigenvalue weighted by atomic mass is 10.1. The number of nitrogens with one attached hydrogen (secondary N) is 1. The van der Waals surface area contributed by atoms with Crippen molar-refractivity contribution in [3.63, 3.8) is 0 Å². The zero-order valence-corrected chi connectivity index (χ0v) is 16.1. The number of methoxy groups -OCH3 is 1. The van der Waals surface area contributed by atoms with E-state index >= 15 is 0 Å². The van der Waals surface area contributed by atoms with Gasteiger partial charge in [0.2, 0.25) is 5.91 Å². The van der Waals surface area contributed by atoms with Crippen molar-refractivity contribution in [3.8, 4) is 5.75 Å². The third-order valence-corrected chi connectivity index (χ3v) is 5.21. The maximum absolute atomic E-state index is 12.7. The number of para-hydroxylation sites is 1. The van der Waals surface area contributed by atoms with Crippen LogP contribution in [0.3, 0.4) is 0 Å². The van der Waals surface area contributed by atoms with Crippen molar-refractivity contribution < 1.29 is 23.9 Å². The lowest BCUT2D eigenvalue weighted by Gasteiger charge is -2.17. The number of benzene rings is 2. The van der Waals surface area contributed by atoms with E-state index in [1.165, 1.54) is 4.90 Å². The van der Waals surface area contributed by atoms with Gasteiger partial charge in [-0.1, -0.05) is 18.2 Å². The van der Waals surface area contributed by atoms with Crippen LogP contribution in [0, 0.1) is 0 Å². The molecule has 2 aromatic rings. The standard InChI is InChI=1S/C22H22N2O5/c1-28-19-7-3-2-5-14(19)11-20(25)23-15-8-9-17-18(12-15)22(27)24(21(17)26)13-16-6-4-10-29-16/h2-3,5,7-9,12,16H,4,6,10-11,13H2,1H3,(H,23,25)/t16-/m0/s1. The van der Waals surface area contributed by atoms with Crippen molar-refractivity contribution in [1.82, 2.24) is 4.90 Å². The van der Waals surface area contributed by atoms with Crippen LogP contribution in [0.4, 0.5) is 5.69 Å². The summed E-state index contributed by atoms with van der Waals surface area (Å²) in [5.41, 5.74) is 1.91. The van der Waals surface area contributed by atoms with Crippen LogP contribution in [0.2, 0.25) is 0 Å². The predicted molar refractivity (Wildman–Crippen MR) is 106 cm³/mol. The quantitative estimate of drug-likeness (QED) is 0.762. The number of carbonyl (C=O) groups is 3. The summed E-state index contributed by atoms with van der Waals surface area (Å²) in [4.78, 5) is 39.0. The van der Waals surface area contributed by atoms with Gasteiger partial charge < -0.3 is 14.8 Å². The van der Waals surface area contributed by atoms with E-state index in [9.17, 15) is 14.4 Å². The molecule has 0 bridgehead atoms. The Labute approximate surface area is 168 Å². The van der Waals surface area contributed by atoms with E-state index in [4.69, 9.17) is 9.47 Å². The molecular weight excluding hydrogens is 372 g/mol. The van der Waals surface area contributed by atoms with Gasteiger partial charge in [-0.25, -0.2) is 0 Å². The van der Waals surface area contributed by atoms with E-state index in [0.717, 1.165) is 18.4 Å². The van der Waals surface area contributed by atoms with Gasteiger partial charge in [-0.2, -0.15) is 0 Å². The maximum atomic E-state index is 12.7. The summed E-state index contributed by atoms with van der Waals surface area (Å²) in [5, 5.41) is 2.79. The molecule has 3 amide bonds. The number of hydrogen-bond acceptors (Lipinski definition) is 5. The number of amides is 3. The molecule has 0 radical (unpaired) electrons. The lowest BCUT2D eigenvalue weighted by molar-refractivity contribution is -0.115. The van der Waals surface area contributed by atoms with Crippen LogP contribution in [-0.4, -0.2) is 49.0 Å². The molecule has 1 fully saturated rings. The second-order valence-corrected chi connectivity index (χ2v) is 7.15. The minimum Gasteiger partial charge on any atom is -0.496 e. The Hall–Kier alpha value is -3.19. The molecule has 0 aliphatic carbocycles. The Kier molecular flexibility index (Phi) is 5.31. The largest absolute Gasteiger partial charge is 0.496 e. The van der Waals surface area contributed by atoms with Crippen molar-refractivity contribution in [3.05, 3.63) is 59.2 Å². The molecule has 2 heterocycles. The molecule has 2 aromatic carbocycles. The molecule has 1 N–H and O–H groups in total. The number of hydrogen-bond donors (Lipinski definition) is 1. The van der Waals surface area contributed by atoms with Gasteiger partial charge in [-0.15, -0.1) is 0 Å². The van der Waals surface area contributed by atoms with Gasteiger partial charge in [0.15, 0.2) is 0 Å². The third-order valence-electron chi connectivity index (χ3n) is 5.21. The number of nitrogens with zero attached hydrogens (tertiary/aromatic N) is 1. The van der Waals surface area contributed by atoms with Gasteiger partial charge in [0.25, 0.3) is 11.8 Å². The highest BCUT2D eigenvalue weighted by atomic mass is 16.5. The molecule has 0 spiro atoms. The molecule has 4 rings (SSSR count). The van der Waals surface area contributed by atoms with Gasteiger partial charge in [0.05, 0.1) is 37.3 Å². The average molecular weight is 394 g/mol. The van der Waals surface area contributed by atoms with Gasteiger partial charge in [0, 0.05) is 17.9 Å². The van der Waals surface area contributed by atoms with Crippen molar-refractivity contribution in [1.29, 1.82) is 0 Å². The fourth-order valence-corrected chi connectivity index (χ4v) is 3.75. The summed E-state index contributed by atoms with van der Waals surface area (Å²) in [7, 11) is 1.56. The SMILES string of the molecule is COc1ccccc1CC(=O)Nc1ccc2c(c1)C(=O)N(C[C@@H]1CCCO1)C2=O. The molecule has 1 saturated heterocycles. The molecule has 0 unspecified atom stereocenters. The van der Waals surface area contributed by atoms with Gasteiger partial charge in [0.1, 0.15) is 5.75 Å². The zero-order chi connectivity index (χ0) is 20.4. The summed E-state index contributed by atoms with van der Waals surface area (Å²) < 4.78 is 10.8. The van der Waals surface area contributed by atoms with Crippen LogP contribution in [0.5, 0.6) is 5.75 Å². The first-order chi connectivity index (χ1) is 14.1. The molecule has 7 heteroatoms. The number of fused-ring (bicyclic) bond motifs is 1.